The fourth-order valence-corrected chi connectivity index (χ4v) is 4.39. The van der Waals surface area contributed by atoms with Gasteiger partial charge in [-0.25, -0.2) is 4.39 Å². The Morgan fingerprint density at radius 1 is 1.00 bits per heavy atom. The van der Waals surface area contributed by atoms with Gasteiger partial charge in [0, 0.05) is 44.0 Å². The molecule has 1 amide bonds. The van der Waals surface area contributed by atoms with E-state index in [4.69, 9.17) is 5.11 Å². The number of hydrogen-bond acceptors (Lipinski definition) is 6. The van der Waals surface area contributed by atoms with Crippen LogP contribution in [0.4, 0.5) is 4.39 Å². The number of benzene rings is 2. The summed E-state index contributed by atoms with van der Waals surface area (Å²) in [6.07, 6.45) is 0. The van der Waals surface area contributed by atoms with Gasteiger partial charge in [-0.1, -0.05) is 30.0 Å². The number of rotatable bonds is 7. The molecule has 31 heavy (non-hydrogen) atoms. The molecule has 9 heteroatoms. The smallest absolute Gasteiger partial charge is 0.233 e. The topological polar surface area (TPSA) is 74.5 Å². The molecular formula is C22H24FN5O2S. The Balaban J connectivity index is 1.51. The van der Waals surface area contributed by atoms with E-state index in [1.54, 1.807) is 12.1 Å². The highest BCUT2D eigenvalue weighted by Gasteiger charge is 2.22. The van der Waals surface area contributed by atoms with E-state index in [2.05, 4.69) is 15.1 Å². The van der Waals surface area contributed by atoms with Gasteiger partial charge in [0.05, 0.1) is 12.4 Å². The molecule has 0 bridgehead atoms. The minimum atomic E-state index is -0.311. The maximum absolute atomic E-state index is 13.4. The van der Waals surface area contributed by atoms with Crippen LogP contribution in [0.1, 0.15) is 0 Å². The Morgan fingerprint density at radius 2 is 1.71 bits per heavy atom. The highest BCUT2D eigenvalue weighted by atomic mass is 32.2. The highest BCUT2D eigenvalue weighted by molar-refractivity contribution is 7.99. The number of aromatic nitrogens is 3. The van der Waals surface area contributed by atoms with Crippen LogP contribution in [0.2, 0.25) is 0 Å². The summed E-state index contributed by atoms with van der Waals surface area (Å²) < 4.78 is 15.3. The van der Waals surface area contributed by atoms with Gasteiger partial charge < -0.3 is 10.0 Å². The molecule has 1 saturated heterocycles. The van der Waals surface area contributed by atoms with Gasteiger partial charge in [0.2, 0.25) is 5.91 Å². The fourth-order valence-electron chi connectivity index (χ4n) is 3.54. The van der Waals surface area contributed by atoms with Crippen molar-refractivity contribution in [3.05, 3.63) is 60.4 Å². The van der Waals surface area contributed by atoms with E-state index >= 15 is 0 Å². The van der Waals surface area contributed by atoms with Crippen molar-refractivity contribution in [3.63, 3.8) is 0 Å². The van der Waals surface area contributed by atoms with E-state index in [-0.39, 0.29) is 24.1 Å². The number of nitrogens with zero attached hydrogens (tertiary/aromatic N) is 5. The minimum Gasteiger partial charge on any atom is -0.395 e. The summed E-state index contributed by atoms with van der Waals surface area (Å²) in [4.78, 5) is 16.7. The summed E-state index contributed by atoms with van der Waals surface area (Å²) >= 11 is 1.34. The van der Waals surface area contributed by atoms with Gasteiger partial charge in [-0.05, 0) is 36.4 Å². The second-order valence-corrected chi connectivity index (χ2v) is 8.16. The maximum Gasteiger partial charge on any atom is 0.233 e. The molecule has 1 aliphatic heterocycles. The standard InChI is InChI=1S/C22H24FN5O2S/c23-18-8-6-17(7-9-18)21-24-25-22(28(21)19-4-2-1-3-5-19)31-16-20(30)27-12-10-26(11-13-27)14-15-29/h1-9,29H,10-16H2. The molecule has 7 nitrogen and oxygen atoms in total. The fraction of sp³-hybridized carbons (Fsp3) is 0.318. The number of halogens is 1. The summed E-state index contributed by atoms with van der Waals surface area (Å²) in [5.74, 6) is 0.598. The Labute approximate surface area is 184 Å². The maximum atomic E-state index is 13.4. The molecule has 0 spiro atoms. The number of hydrogen-bond donors (Lipinski definition) is 1. The van der Waals surface area contributed by atoms with Crippen molar-refractivity contribution in [3.8, 4) is 17.1 Å². The van der Waals surface area contributed by atoms with E-state index < -0.39 is 0 Å². The van der Waals surface area contributed by atoms with Gasteiger partial charge in [0.25, 0.3) is 0 Å². The second-order valence-electron chi connectivity index (χ2n) is 7.22. The lowest BCUT2D eigenvalue weighted by Gasteiger charge is -2.34. The average Bonchev–Trinajstić information content (AvgIpc) is 3.23. The molecule has 1 aliphatic rings. The van der Waals surface area contributed by atoms with Crippen molar-refractivity contribution in [1.29, 1.82) is 0 Å². The first-order valence-corrected chi connectivity index (χ1v) is 11.1. The minimum absolute atomic E-state index is 0.0552. The molecule has 0 radical (unpaired) electrons. The van der Waals surface area contributed by atoms with Crippen molar-refractivity contribution in [2.75, 3.05) is 45.1 Å². The van der Waals surface area contributed by atoms with Crippen molar-refractivity contribution >= 4 is 17.7 Å². The predicted octanol–water partition coefficient (Wildman–Crippen LogP) is 2.30. The van der Waals surface area contributed by atoms with Gasteiger partial charge in [0.15, 0.2) is 11.0 Å². The highest BCUT2D eigenvalue weighted by Crippen LogP contribution is 2.28. The molecule has 162 valence electrons. The van der Waals surface area contributed by atoms with Crippen molar-refractivity contribution < 1.29 is 14.3 Å². The number of piperazine rings is 1. The van der Waals surface area contributed by atoms with E-state index in [9.17, 15) is 9.18 Å². The first-order valence-electron chi connectivity index (χ1n) is 10.2. The predicted molar refractivity (Wildman–Crippen MR) is 118 cm³/mol. The third-order valence-electron chi connectivity index (χ3n) is 5.22. The van der Waals surface area contributed by atoms with E-state index in [1.165, 1.54) is 23.9 Å². The molecule has 1 N–H and O–H groups in total. The number of para-hydroxylation sites is 1. The summed E-state index contributed by atoms with van der Waals surface area (Å²) in [5.41, 5.74) is 1.62. The third-order valence-corrected chi connectivity index (χ3v) is 6.13. The first kappa shape index (κ1) is 21.5. The van der Waals surface area contributed by atoms with Crippen molar-refractivity contribution in [2.24, 2.45) is 0 Å². The van der Waals surface area contributed by atoms with Crippen LogP contribution in [-0.4, -0.2) is 80.7 Å². The van der Waals surface area contributed by atoms with Crippen molar-refractivity contribution in [2.45, 2.75) is 5.16 Å². The summed E-state index contributed by atoms with van der Waals surface area (Å²) in [7, 11) is 0. The Hall–Kier alpha value is -2.75. The lowest BCUT2D eigenvalue weighted by molar-refractivity contribution is -0.130. The van der Waals surface area contributed by atoms with E-state index in [1.807, 2.05) is 39.8 Å². The zero-order chi connectivity index (χ0) is 21.6. The number of carbonyl (C=O) groups excluding carboxylic acids is 1. The molecule has 0 atom stereocenters. The largest absolute Gasteiger partial charge is 0.395 e. The Morgan fingerprint density at radius 3 is 2.39 bits per heavy atom. The lowest BCUT2D eigenvalue weighted by Crippen LogP contribution is -2.49. The van der Waals surface area contributed by atoms with Crippen molar-refractivity contribution in [1.82, 2.24) is 24.6 Å². The van der Waals surface area contributed by atoms with Crippen LogP contribution in [0.15, 0.2) is 59.8 Å². The van der Waals surface area contributed by atoms with Gasteiger partial charge >= 0.3 is 0 Å². The van der Waals surface area contributed by atoms with Crippen LogP contribution >= 0.6 is 11.8 Å². The number of amides is 1. The van der Waals surface area contributed by atoms with Gasteiger partial charge in [0.1, 0.15) is 5.82 Å². The SMILES string of the molecule is O=C(CSc1nnc(-c2ccc(F)cc2)n1-c1ccccc1)N1CCN(CCO)CC1. The normalized spacial score (nSPS) is 14.7. The molecule has 1 fully saturated rings. The van der Waals surface area contributed by atoms with Crippen LogP contribution in [0, 0.1) is 5.82 Å². The summed E-state index contributed by atoms with van der Waals surface area (Å²) in [6.45, 7) is 3.63. The zero-order valence-electron chi connectivity index (χ0n) is 17.0. The van der Waals surface area contributed by atoms with Gasteiger partial charge in [-0.2, -0.15) is 0 Å². The van der Waals surface area contributed by atoms with E-state index in [0.717, 1.165) is 24.3 Å². The van der Waals surface area contributed by atoms with Crippen LogP contribution in [0.3, 0.4) is 0 Å². The number of β-amino-alcohol motifs (C(OH)–C–C–N with tert-alkyl or cyclic N) is 1. The molecule has 2 heterocycles. The molecule has 3 aromatic rings. The zero-order valence-corrected chi connectivity index (χ0v) is 17.8. The van der Waals surface area contributed by atoms with Crippen LogP contribution in [0.25, 0.3) is 17.1 Å². The average molecular weight is 442 g/mol. The molecule has 0 aliphatic carbocycles. The summed E-state index contributed by atoms with van der Waals surface area (Å²) in [6, 6.07) is 15.8. The van der Waals surface area contributed by atoms with Gasteiger partial charge in [-0.3, -0.25) is 14.3 Å². The molecular weight excluding hydrogens is 417 g/mol. The van der Waals surface area contributed by atoms with Crippen LogP contribution in [-0.2, 0) is 4.79 Å². The third kappa shape index (κ3) is 5.12. The summed E-state index contributed by atoms with van der Waals surface area (Å²) in [5, 5.41) is 18.3. The number of thioether (sulfide) groups is 1. The number of carbonyl (C=O) groups is 1. The second kappa shape index (κ2) is 10.0. The monoisotopic (exact) mass is 441 g/mol. The molecule has 4 rings (SSSR count). The van der Waals surface area contributed by atoms with Crippen LogP contribution < -0.4 is 0 Å². The Kier molecular flexibility index (Phi) is 6.96. The Bertz CT molecular complexity index is 1000. The lowest BCUT2D eigenvalue weighted by atomic mass is 10.2. The first-order chi connectivity index (χ1) is 15.2. The molecule has 0 unspecified atom stereocenters. The molecule has 2 aromatic carbocycles. The quantitative estimate of drug-likeness (QED) is 0.567. The van der Waals surface area contributed by atoms with Gasteiger partial charge in [-0.15, -0.1) is 10.2 Å². The molecule has 1 aromatic heterocycles. The number of aliphatic hydroxyl groups excluding tert-OH is 1. The molecule has 0 saturated carbocycles. The number of aliphatic hydroxyl groups is 1. The van der Waals surface area contributed by atoms with Crippen LogP contribution in [0.5, 0.6) is 0 Å². The van der Waals surface area contributed by atoms with E-state index in [0.29, 0.717) is 30.6 Å².